The lowest BCUT2D eigenvalue weighted by Gasteiger charge is -2.36. The van der Waals surface area contributed by atoms with Crippen molar-refractivity contribution in [1.29, 1.82) is 0 Å². The van der Waals surface area contributed by atoms with Gasteiger partial charge in [0, 0.05) is 25.7 Å². The van der Waals surface area contributed by atoms with Gasteiger partial charge in [0.15, 0.2) is 0 Å². The molecule has 1 saturated heterocycles. The van der Waals surface area contributed by atoms with Gasteiger partial charge in [0.05, 0.1) is 6.54 Å². The largest absolute Gasteiger partial charge is 0.342 e. The molecule has 120 valence electrons. The molecule has 0 bridgehead atoms. The maximum absolute atomic E-state index is 13.5. The predicted molar refractivity (Wildman–Crippen MR) is 85.1 cm³/mol. The molecule has 1 aromatic carbocycles. The van der Waals surface area contributed by atoms with Crippen molar-refractivity contribution < 1.29 is 9.18 Å². The fourth-order valence-electron chi connectivity index (χ4n) is 3.65. The number of carbonyl (C=O) groups excluding carboxylic acids is 1. The molecule has 3 rings (SSSR count). The predicted octanol–water partition coefficient (Wildman–Crippen LogP) is 3.15. The van der Waals surface area contributed by atoms with E-state index in [-0.39, 0.29) is 17.8 Å². The van der Waals surface area contributed by atoms with E-state index in [0.29, 0.717) is 6.54 Å². The summed E-state index contributed by atoms with van der Waals surface area (Å²) in [7, 11) is 0. The van der Waals surface area contributed by atoms with Crippen LogP contribution in [0, 0.1) is 5.82 Å². The molecule has 1 atom stereocenters. The summed E-state index contributed by atoms with van der Waals surface area (Å²) in [4.78, 5) is 16.8. The summed E-state index contributed by atoms with van der Waals surface area (Å²) < 4.78 is 13.5. The summed E-state index contributed by atoms with van der Waals surface area (Å²) >= 11 is 0. The Kier molecular flexibility index (Phi) is 4.77. The van der Waals surface area contributed by atoms with E-state index in [4.69, 9.17) is 0 Å². The molecule has 2 aliphatic heterocycles. The van der Waals surface area contributed by atoms with Crippen molar-refractivity contribution in [3.63, 3.8) is 0 Å². The highest BCUT2D eigenvalue weighted by Gasteiger charge is 2.27. The molecular formula is C18H25FN2O. The summed E-state index contributed by atoms with van der Waals surface area (Å²) in [5.41, 5.74) is 2.25. The smallest absolute Gasteiger partial charge is 0.236 e. The Balaban J connectivity index is 1.67. The van der Waals surface area contributed by atoms with Crippen LogP contribution in [0.3, 0.4) is 0 Å². The minimum absolute atomic E-state index is 0.107. The van der Waals surface area contributed by atoms with Crippen LogP contribution in [-0.4, -0.2) is 41.9 Å². The van der Waals surface area contributed by atoms with E-state index >= 15 is 0 Å². The van der Waals surface area contributed by atoms with E-state index in [2.05, 4.69) is 11.8 Å². The third kappa shape index (κ3) is 3.32. The highest BCUT2D eigenvalue weighted by Crippen LogP contribution is 2.29. The van der Waals surface area contributed by atoms with Crippen molar-refractivity contribution in [3.05, 3.63) is 35.1 Å². The number of halogens is 1. The molecule has 1 fully saturated rings. The molecule has 0 aromatic heterocycles. The molecule has 0 radical (unpaired) electrons. The van der Waals surface area contributed by atoms with Gasteiger partial charge >= 0.3 is 0 Å². The van der Waals surface area contributed by atoms with E-state index in [1.807, 2.05) is 11.0 Å². The van der Waals surface area contributed by atoms with Gasteiger partial charge in [-0.2, -0.15) is 0 Å². The molecule has 0 aliphatic carbocycles. The SMILES string of the molecule is CC1c2cc(F)ccc2CCN1CC(=O)N1CCCCCC1. The zero-order chi connectivity index (χ0) is 15.5. The van der Waals surface area contributed by atoms with Gasteiger partial charge in [-0.15, -0.1) is 0 Å². The first-order valence-electron chi connectivity index (χ1n) is 8.45. The number of amides is 1. The third-order valence-electron chi connectivity index (χ3n) is 5.07. The second-order valence-electron chi connectivity index (χ2n) is 6.53. The number of hydrogen-bond donors (Lipinski definition) is 0. The van der Waals surface area contributed by atoms with Crippen LogP contribution in [0.2, 0.25) is 0 Å². The zero-order valence-corrected chi connectivity index (χ0v) is 13.4. The van der Waals surface area contributed by atoms with Crippen LogP contribution >= 0.6 is 0 Å². The van der Waals surface area contributed by atoms with Crippen molar-refractivity contribution in [2.24, 2.45) is 0 Å². The van der Waals surface area contributed by atoms with Crippen LogP contribution in [0.5, 0.6) is 0 Å². The van der Waals surface area contributed by atoms with Gasteiger partial charge in [0.25, 0.3) is 0 Å². The van der Waals surface area contributed by atoms with Crippen LogP contribution in [0.15, 0.2) is 18.2 Å². The molecule has 0 spiro atoms. The van der Waals surface area contributed by atoms with Gasteiger partial charge in [0.2, 0.25) is 5.91 Å². The van der Waals surface area contributed by atoms with Crippen molar-refractivity contribution in [2.75, 3.05) is 26.2 Å². The number of fused-ring (bicyclic) bond motifs is 1. The zero-order valence-electron chi connectivity index (χ0n) is 13.4. The Morgan fingerprint density at radius 1 is 1.18 bits per heavy atom. The maximum atomic E-state index is 13.5. The van der Waals surface area contributed by atoms with Crippen molar-refractivity contribution >= 4 is 5.91 Å². The lowest BCUT2D eigenvalue weighted by molar-refractivity contribution is -0.133. The Labute approximate surface area is 132 Å². The van der Waals surface area contributed by atoms with E-state index in [9.17, 15) is 9.18 Å². The second-order valence-corrected chi connectivity index (χ2v) is 6.53. The summed E-state index contributed by atoms with van der Waals surface area (Å²) in [6.07, 6.45) is 5.60. The van der Waals surface area contributed by atoms with Crippen LogP contribution in [-0.2, 0) is 11.2 Å². The van der Waals surface area contributed by atoms with Gasteiger partial charge in [-0.3, -0.25) is 9.69 Å². The fourth-order valence-corrected chi connectivity index (χ4v) is 3.65. The first-order valence-corrected chi connectivity index (χ1v) is 8.45. The van der Waals surface area contributed by atoms with Crippen LogP contribution in [0.1, 0.15) is 49.8 Å². The summed E-state index contributed by atoms with van der Waals surface area (Å²) in [5.74, 6) is 0.0416. The Hall–Kier alpha value is -1.42. The first-order chi connectivity index (χ1) is 10.6. The van der Waals surface area contributed by atoms with Gasteiger partial charge in [-0.25, -0.2) is 4.39 Å². The van der Waals surface area contributed by atoms with Crippen molar-refractivity contribution in [1.82, 2.24) is 9.80 Å². The van der Waals surface area contributed by atoms with E-state index in [1.54, 1.807) is 6.07 Å². The van der Waals surface area contributed by atoms with Crippen molar-refractivity contribution in [3.8, 4) is 0 Å². The minimum atomic E-state index is -0.189. The molecule has 22 heavy (non-hydrogen) atoms. The average molecular weight is 304 g/mol. The molecule has 2 aliphatic rings. The topological polar surface area (TPSA) is 23.6 Å². The molecule has 0 saturated carbocycles. The number of benzene rings is 1. The Morgan fingerprint density at radius 2 is 1.91 bits per heavy atom. The molecule has 2 heterocycles. The number of likely N-dealkylation sites (tertiary alicyclic amines) is 1. The number of rotatable bonds is 2. The molecule has 3 nitrogen and oxygen atoms in total. The van der Waals surface area contributed by atoms with E-state index in [0.717, 1.165) is 44.5 Å². The van der Waals surface area contributed by atoms with Crippen LogP contribution < -0.4 is 0 Å². The lowest BCUT2D eigenvalue weighted by Crippen LogP contribution is -2.44. The lowest BCUT2D eigenvalue weighted by atomic mass is 9.93. The number of nitrogens with zero attached hydrogens (tertiary/aromatic N) is 2. The van der Waals surface area contributed by atoms with Crippen molar-refractivity contribution in [2.45, 2.75) is 45.1 Å². The highest BCUT2D eigenvalue weighted by molar-refractivity contribution is 5.78. The fraction of sp³-hybridized carbons (Fsp3) is 0.611. The van der Waals surface area contributed by atoms with Gasteiger partial charge in [-0.1, -0.05) is 18.9 Å². The summed E-state index contributed by atoms with van der Waals surface area (Å²) in [6.45, 7) is 5.20. The highest BCUT2D eigenvalue weighted by atomic mass is 19.1. The van der Waals surface area contributed by atoms with Gasteiger partial charge in [0.1, 0.15) is 5.82 Å². The number of carbonyl (C=O) groups is 1. The molecule has 0 N–H and O–H groups in total. The van der Waals surface area contributed by atoms with Gasteiger partial charge < -0.3 is 4.90 Å². The molecule has 1 amide bonds. The quantitative estimate of drug-likeness (QED) is 0.838. The van der Waals surface area contributed by atoms with Crippen LogP contribution in [0.25, 0.3) is 0 Å². The molecular weight excluding hydrogens is 279 g/mol. The number of hydrogen-bond acceptors (Lipinski definition) is 2. The second kappa shape index (κ2) is 6.78. The molecule has 1 aromatic rings. The third-order valence-corrected chi connectivity index (χ3v) is 5.07. The Bertz CT molecular complexity index is 538. The maximum Gasteiger partial charge on any atom is 0.236 e. The Morgan fingerprint density at radius 3 is 2.64 bits per heavy atom. The monoisotopic (exact) mass is 304 g/mol. The van der Waals surface area contributed by atoms with Crippen LogP contribution in [0.4, 0.5) is 4.39 Å². The first kappa shape index (κ1) is 15.5. The molecule has 1 unspecified atom stereocenters. The average Bonchev–Trinajstić information content (AvgIpc) is 2.80. The van der Waals surface area contributed by atoms with E-state index < -0.39 is 0 Å². The summed E-state index contributed by atoms with van der Waals surface area (Å²) in [5, 5.41) is 0. The van der Waals surface area contributed by atoms with E-state index in [1.165, 1.54) is 24.5 Å². The van der Waals surface area contributed by atoms with Gasteiger partial charge in [-0.05, 0) is 49.4 Å². The molecule has 4 heteroatoms. The summed E-state index contributed by atoms with van der Waals surface area (Å²) in [6, 6.07) is 5.15. The standard InChI is InChI=1S/C18H25FN2O/c1-14-17-12-16(19)7-6-15(17)8-11-21(14)13-18(22)20-9-4-2-3-5-10-20/h6-7,12,14H,2-5,8-11,13H2,1H3. The normalized spacial score (nSPS) is 23.0. The minimum Gasteiger partial charge on any atom is -0.342 e.